The summed E-state index contributed by atoms with van der Waals surface area (Å²) in [5, 5.41) is 6.01. The van der Waals surface area contributed by atoms with Gasteiger partial charge in [-0.2, -0.15) is 5.53 Å². The normalized spacial score (nSPS) is 9.38. The summed E-state index contributed by atoms with van der Waals surface area (Å²) in [6.45, 7) is 0.123. The maximum atomic E-state index is 12.7. The maximum absolute atomic E-state index is 12.7. The Balaban J connectivity index is 0.00000220. The van der Waals surface area contributed by atoms with Crippen molar-refractivity contribution in [3.05, 3.63) is 66.1 Å². The summed E-state index contributed by atoms with van der Waals surface area (Å²) in [5.74, 6) is -0.366. The fraction of sp³-hybridized carbons (Fsp3) is 0.0714. The Morgan fingerprint density at radius 1 is 1.14 bits per heavy atom. The predicted molar refractivity (Wildman–Crippen MR) is 75.9 cm³/mol. The third-order valence-corrected chi connectivity index (χ3v) is 2.55. The number of nitrogens with two attached hydrogens (primary N) is 2. The first kappa shape index (κ1) is 16.3. The van der Waals surface area contributed by atoms with E-state index in [1.165, 1.54) is 24.3 Å². The van der Waals surface area contributed by atoms with Crippen LogP contribution in [0.25, 0.3) is 6.15 Å². The van der Waals surface area contributed by atoms with Crippen LogP contribution in [0.2, 0.25) is 0 Å². The van der Waals surface area contributed by atoms with Gasteiger partial charge in [0.05, 0.1) is 0 Å². The van der Waals surface area contributed by atoms with Gasteiger partial charge in [0.2, 0.25) is 0 Å². The molecule has 2 aromatic rings. The number of hydrogen-bond donors (Lipinski definition) is 2. The van der Waals surface area contributed by atoms with E-state index in [1.807, 2.05) is 0 Å². The number of halogens is 1. The lowest BCUT2D eigenvalue weighted by atomic mass is 10.2. The highest BCUT2D eigenvalue weighted by atomic mass is 19.1. The van der Waals surface area contributed by atoms with Crippen molar-refractivity contribution in [2.75, 3.05) is 5.32 Å². The molecule has 0 aliphatic heterocycles. The van der Waals surface area contributed by atoms with Gasteiger partial charge >= 0.3 is 6.09 Å². The largest absolute Gasteiger partial charge is 0.693 e. The van der Waals surface area contributed by atoms with Crippen LogP contribution in [-0.2, 0) is 11.3 Å². The van der Waals surface area contributed by atoms with E-state index in [9.17, 15) is 9.18 Å². The Hall–Kier alpha value is -2.80. The van der Waals surface area contributed by atoms with E-state index >= 15 is 0 Å². The number of carbonyl (C=O) groups is 1. The Labute approximate surface area is 121 Å². The van der Waals surface area contributed by atoms with Crippen molar-refractivity contribution in [3.8, 4) is 0 Å². The van der Waals surface area contributed by atoms with Crippen LogP contribution in [0.3, 0.4) is 0 Å². The van der Waals surface area contributed by atoms with E-state index < -0.39 is 6.09 Å². The molecule has 0 saturated heterocycles. The SMILES string of the molecule is [NH2+]=Nc1ccc(COC(=O)Nc2ccc(F)cc2)cc1.[NH2-]. The van der Waals surface area contributed by atoms with Crippen LogP contribution in [0.5, 0.6) is 0 Å². The van der Waals surface area contributed by atoms with Gasteiger partial charge in [0, 0.05) is 5.69 Å². The molecule has 21 heavy (non-hydrogen) atoms. The molecule has 0 bridgehead atoms. The van der Waals surface area contributed by atoms with Gasteiger partial charge in [0.15, 0.2) is 0 Å². The van der Waals surface area contributed by atoms with Crippen molar-refractivity contribution < 1.29 is 19.5 Å². The van der Waals surface area contributed by atoms with Gasteiger partial charge < -0.3 is 10.9 Å². The molecule has 0 saturated carbocycles. The summed E-state index contributed by atoms with van der Waals surface area (Å²) in [6, 6.07) is 12.4. The molecule has 2 rings (SSSR count). The fourth-order valence-corrected chi connectivity index (χ4v) is 1.51. The topological polar surface area (TPSA) is 110 Å². The zero-order chi connectivity index (χ0) is 14.4. The molecule has 0 heterocycles. The number of carbonyl (C=O) groups excluding carboxylic acids is 1. The second kappa shape index (κ2) is 7.71. The first-order chi connectivity index (χ1) is 9.67. The van der Waals surface area contributed by atoms with Crippen LogP contribution in [0.15, 0.2) is 53.6 Å². The van der Waals surface area contributed by atoms with E-state index in [0.717, 1.165) is 5.56 Å². The van der Waals surface area contributed by atoms with Crippen molar-refractivity contribution >= 4 is 17.5 Å². The molecule has 0 unspecified atom stereocenters. The zero-order valence-corrected chi connectivity index (χ0v) is 11.1. The molecular weight excluding hydrogens is 275 g/mol. The van der Waals surface area contributed by atoms with Gasteiger partial charge in [0.1, 0.15) is 18.1 Å². The van der Waals surface area contributed by atoms with Gasteiger partial charge in [-0.25, -0.2) is 9.18 Å². The van der Waals surface area contributed by atoms with Crippen molar-refractivity contribution in [3.63, 3.8) is 0 Å². The average molecular weight is 290 g/mol. The minimum absolute atomic E-state index is 0. The van der Waals surface area contributed by atoms with Crippen molar-refractivity contribution in [2.24, 2.45) is 5.11 Å². The molecule has 1 amide bonds. The van der Waals surface area contributed by atoms with Crippen LogP contribution < -0.4 is 10.8 Å². The molecule has 110 valence electrons. The molecule has 0 fully saturated rings. The second-order valence-corrected chi connectivity index (χ2v) is 4.00. The molecule has 0 spiro atoms. The molecule has 0 aliphatic carbocycles. The molecule has 0 aromatic heterocycles. The molecule has 0 radical (unpaired) electrons. The smallest absolute Gasteiger partial charge is 0.411 e. The predicted octanol–water partition coefficient (Wildman–Crippen LogP) is 3.13. The lowest BCUT2D eigenvalue weighted by Crippen LogP contribution is -2.21. The van der Waals surface area contributed by atoms with Gasteiger partial charge in [-0.15, -0.1) is 0 Å². The van der Waals surface area contributed by atoms with Crippen LogP contribution in [0.1, 0.15) is 5.56 Å². The average Bonchev–Trinajstić information content (AvgIpc) is 2.48. The second-order valence-electron chi connectivity index (χ2n) is 4.00. The summed E-state index contributed by atoms with van der Waals surface area (Å²) in [5.41, 5.74) is 7.04. The van der Waals surface area contributed by atoms with Crippen molar-refractivity contribution in [1.29, 1.82) is 0 Å². The van der Waals surface area contributed by atoms with Crippen LogP contribution in [0.4, 0.5) is 20.6 Å². The number of amides is 1. The maximum Gasteiger partial charge on any atom is 0.411 e. The lowest BCUT2D eigenvalue weighted by molar-refractivity contribution is -0.210. The van der Waals surface area contributed by atoms with Crippen LogP contribution in [-0.4, -0.2) is 6.09 Å². The number of hydrogen-bond acceptors (Lipinski definition) is 3. The Kier molecular flexibility index (Phi) is 5.97. The van der Waals surface area contributed by atoms with Crippen LogP contribution in [0, 0.1) is 5.82 Å². The number of ether oxygens (including phenoxy) is 1. The molecular formula is C14H15FN4O2. The third-order valence-electron chi connectivity index (χ3n) is 2.55. The van der Waals surface area contributed by atoms with Crippen molar-refractivity contribution in [1.82, 2.24) is 0 Å². The number of anilines is 1. The Bertz CT molecular complexity index is 599. The molecule has 0 atom stereocenters. The van der Waals surface area contributed by atoms with E-state index in [0.29, 0.717) is 11.4 Å². The Morgan fingerprint density at radius 3 is 2.33 bits per heavy atom. The van der Waals surface area contributed by atoms with Crippen molar-refractivity contribution in [2.45, 2.75) is 6.61 Å². The standard InChI is InChI=1S/C14H12FN3O2.H2N/c15-11-3-7-12(8-4-11)17-14(19)20-9-10-1-5-13(18-16)6-2-10;/h1-8,16H,9H2,(H,17,19);1H2/q;-1/p+1. The first-order valence-corrected chi connectivity index (χ1v) is 5.86. The summed E-state index contributed by atoms with van der Waals surface area (Å²) >= 11 is 0. The summed E-state index contributed by atoms with van der Waals surface area (Å²) in [4.78, 5) is 11.5. The monoisotopic (exact) mass is 290 g/mol. The highest BCUT2D eigenvalue weighted by molar-refractivity contribution is 5.84. The van der Waals surface area contributed by atoms with Gasteiger partial charge in [0.25, 0.3) is 0 Å². The summed E-state index contributed by atoms with van der Waals surface area (Å²) in [7, 11) is 0. The number of rotatable bonds is 4. The fourth-order valence-electron chi connectivity index (χ4n) is 1.51. The Morgan fingerprint density at radius 2 is 1.76 bits per heavy atom. The molecule has 6 nitrogen and oxygen atoms in total. The minimum Gasteiger partial charge on any atom is -0.693 e. The van der Waals surface area contributed by atoms with E-state index in [2.05, 4.69) is 10.4 Å². The third kappa shape index (κ3) is 5.00. The highest BCUT2D eigenvalue weighted by Gasteiger charge is 2.04. The van der Waals surface area contributed by atoms with E-state index in [4.69, 9.17) is 10.3 Å². The number of nitrogens with one attached hydrogen (secondary N) is 1. The quantitative estimate of drug-likeness (QED) is 0.843. The van der Waals surface area contributed by atoms with Gasteiger partial charge in [-0.1, -0.05) is 12.1 Å². The first-order valence-electron chi connectivity index (χ1n) is 5.86. The van der Waals surface area contributed by atoms with Gasteiger partial charge in [-0.05, 0) is 47.1 Å². The van der Waals surface area contributed by atoms with Gasteiger partial charge in [-0.3, -0.25) is 5.32 Å². The number of benzene rings is 2. The molecule has 7 heteroatoms. The van der Waals surface area contributed by atoms with E-state index in [-0.39, 0.29) is 18.6 Å². The molecule has 2 aromatic carbocycles. The van der Waals surface area contributed by atoms with E-state index in [1.54, 1.807) is 24.3 Å². The summed E-state index contributed by atoms with van der Waals surface area (Å²) < 4.78 is 17.7. The number of nitrogens with zero attached hydrogens (tertiary/aromatic N) is 1. The zero-order valence-electron chi connectivity index (χ0n) is 11.1. The summed E-state index contributed by atoms with van der Waals surface area (Å²) in [6.07, 6.45) is -0.607. The molecule has 5 N–H and O–H groups in total. The minimum atomic E-state index is -0.607. The lowest BCUT2D eigenvalue weighted by Gasteiger charge is -2.07. The highest BCUT2D eigenvalue weighted by Crippen LogP contribution is 2.13. The molecule has 0 aliphatic rings. The van der Waals surface area contributed by atoms with Crippen LogP contribution >= 0.6 is 0 Å².